The van der Waals surface area contributed by atoms with E-state index in [1.54, 1.807) is 6.26 Å². The van der Waals surface area contributed by atoms with Crippen LogP contribution in [0.1, 0.15) is 39.8 Å². The monoisotopic (exact) mass is 396 g/mol. The summed E-state index contributed by atoms with van der Waals surface area (Å²) in [4.78, 5) is 20.7. The Morgan fingerprint density at radius 1 is 1.21 bits per heavy atom. The lowest BCUT2D eigenvalue weighted by Gasteiger charge is -2.26. The number of aryl methyl sites for hydroxylation is 1. The van der Waals surface area contributed by atoms with Gasteiger partial charge < -0.3 is 18.8 Å². The van der Waals surface area contributed by atoms with Gasteiger partial charge in [-0.2, -0.15) is 0 Å². The standard InChI is InChI=1S/C21H20N2O4S/c1-13-19(22-20(28-13)17-5-3-9-25-17)21(24)23-8-2-4-15(23)14-6-7-16-18(12-14)27-11-10-26-16/h3,5-7,9,12,15H,2,4,8,10-11H2,1H3. The molecule has 1 saturated heterocycles. The Hall–Kier alpha value is -2.80. The highest BCUT2D eigenvalue weighted by Crippen LogP contribution is 2.39. The predicted octanol–water partition coefficient (Wildman–Crippen LogP) is 4.46. The Labute approximate surface area is 166 Å². The second-order valence-electron chi connectivity index (χ2n) is 6.96. The average Bonchev–Trinajstić information content (AvgIpc) is 3.47. The van der Waals surface area contributed by atoms with E-state index in [2.05, 4.69) is 4.98 Å². The van der Waals surface area contributed by atoms with Gasteiger partial charge in [-0.25, -0.2) is 4.98 Å². The van der Waals surface area contributed by atoms with Crippen molar-refractivity contribution in [2.75, 3.05) is 19.8 Å². The summed E-state index contributed by atoms with van der Waals surface area (Å²) in [5.41, 5.74) is 1.59. The van der Waals surface area contributed by atoms with Crippen LogP contribution in [0.4, 0.5) is 0 Å². The van der Waals surface area contributed by atoms with E-state index in [0.29, 0.717) is 24.7 Å². The zero-order valence-corrected chi connectivity index (χ0v) is 16.3. The molecule has 2 aliphatic heterocycles. The van der Waals surface area contributed by atoms with Crippen LogP contribution in [0.2, 0.25) is 0 Å². The molecule has 0 saturated carbocycles. The fourth-order valence-electron chi connectivity index (χ4n) is 3.86. The highest BCUT2D eigenvalue weighted by molar-refractivity contribution is 7.15. The third-order valence-corrected chi connectivity index (χ3v) is 6.18. The Balaban J connectivity index is 1.43. The van der Waals surface area contributed by atoms with Gasteiger partial charge in [0.2, 0.25) is 0 Å². The Bertz CT molecular complexity index is 1010. The number of ether oxygens (including phenoxy) is 2. The van der Waals surface area contributed by atoms with E-state index in [9.17, 15) is 4.79 Å². The molecule has 0 aliphatic carbocycles. The largest absolute Gasteiger partial charge is 0.486 e. The van der Waals surface area contributed by atoms with Crippen LogP contribution < -0.4 is 9.47 Å². The van der Waals surface area contributed by atoms with Crippen molar-refractivity contribution in [1.82, 2.24) is 9.88 Å². The first-order chi connectivity index (χ1) is 13.7. The summed E-state index contributed by atoms with van der Waals surface area (Å²) in [6, 6.07) is 9.69. The first-order valence-corrected chi connectivity index (χ1v) is 10.2. The number of likely N-dealkylation sites (tertiary alicyclic amines) is 1. The SMILES string of the molecule is Cc1sc(-c2ccco2)nc1C(=O)N1CCCC1c1ccc2c(c1)OCCO2. The lowest BCUT2D eigenvalue weighted by molar-refractivity contribution is 0.0729. The molecule has 28 heavy (non-hydrogen) atoms. The Morgan fingerprint density at radius 2 is 2.07 bits per heavy atom. The van der Waals surface area contributed by atoms with E-state index in [-0.39, 0.29) is 11.9 Å². The molecule has 0 N–H and O–H groups in total. The van der Waals surface area contributed by atoms with Gasteiger partial charge in [-0.05, 0) is 49.6 Å². The van der Waals surface area contributed by atoms with Crippen molar-refractivity contribution in [1.29, 1.82) is 0 Å². The third-order valence-electron chi connectivity index (χ3n) is 5.20. The zero-order chi connectivity index (χ0) is 19.1. The van der Waals surface area contributed by atoms with Crippen molar-refractivity contribution >= 4 is 17.2 Å². The molecule has 1 aromatic carbocycles. The van der Waals surface area contributed by atoms with Gasteiger partial charge in [0.1, 0.15) is 18.9 Å². The molecule has 144 valence electrons. The number of carbonyl (C=O) groups excluding carboxylic acids is 1. The minimum atomic E-state index is -0.0241. The maximum atomic E-state index is 13.3. The van der Waals surface area contributed by atoms with E-state index >= 15 is 0 Å². The molecule has 7 heteroatoms. The first-order valence-electron chi connectivity index (χ1n) is 9.42. The van der Waals surface area contributed by atoms with Crippen molar-refractivity contribution in [2.24, 2.45) is 0 Å². The molecule has 1 fully saturated rings. The van der Waals surface area contributed by atoms with Crippen molar-refractivity contribution in [3.63, 3.8) is 0 Å². The smallest absolute Gasteiger partial charge is 0.274 e. The molecule has 5 rings (SSSR count). The summed E-state index contributed by atoms with van der Waals surface area (Å²) in [5, 5.41) is 0.737. The Kier molecular flexibility index (Phi) is 4.31. The maximum Gasteiger partial charge on any atom is 0.274 e. The van der Waals surface area contributed by atoms with E-state index in [0.717, 1.165) is 46.3 Å². The van der Waals surface area contributed by atoms with Crippen molar-refractivity contribution in [3.05, 3.63) is 52.7 Å². The summed E-state index contributed by atoms with van der Waals surface area (Å²) in [6.45, 7) is 3.79. The van der Waals surface area contributed by atoms with Crippen LogP contribution in [0.5, 0.6) is 11.5 Å². The quantitative estimate of drug-likeness (QED) is 0.654. The van der Waals surface area contributed by atoms with Crippen LogP contribution in [-0.2, 0) is 0 Å². The second kappa shape index (κ2) is 6.98. The first kappa shape index (κ1) is 17.3. The topological polar surface area (TPSA) is 64.8 Å². The normalized spacial score (nSPS) is 18.5. The fraction of sp³-hybridized carbons (Fsp3) is 0.333. The van der Waals surface area contributed by atoms with E-state index in [4.69, 9.17) is 13.9 Å². The van der Waals surface area contributed by atoms with Crippen molar-refractivity contribution in [2.45, 2.75) is 25.8 Å². The summed E-state index contributed by atoms with van der Waals surface area (Å²) in [6.07, 6.45) is 3.52. The van der Waals surface area contributed by atoms with E-state index in [1.807, 2.05) is 42.2 Å². The van der Waals surface area contributed by atoms with Gasteiger partial charge in [-0.1, -0.05) is 6.07 Å². The summed E-state index contributed by atoms with van der Waals surface area (Å²) in [5.74, 6) is 2.19. The Morgan fingerprint density at radius 3 is 2.89 bits per heavy atom. The second-order valence-corrected chi connectivity index (χ2v) is 8.16. The zero-order valence-electron chi connectivity index (χ0n) is 15.5. The minimum absolute atomic E-state index is 0.0241. The maximum absolute atomic E-state index is 13.3. The lowest BCUT2D eigenvalue weighted by atomic mass is 10.0. The van der Waals surface area contributed by atoms with Crippen LogP contribution in [0.15, 0.2) is 41.0 Å². The third kappa shape index (κ3) is 2.96. The fourth-order valence-corrected chi connectivity index (χ4v) is 4.73. The molecule has 1 amide bonds. The van der Waals surface area contributed by atoms with Crippen LogP contribution in [0, 0.1) is 6.92 Å². The number of benzene rings is 1. The molecule has 0 bridgehead atoms. The molecule has 6 nitrogen and oxygen atoms in total. The molecular weight excluding hydrogens is 376 g/mol. The minimum Gasteiger partial charge on any atom is -0.486 e. The molecular formula is C21H20N2O4S. The van der Waals surface area contributed by atoms with Crippen LogP contribution in [0.25, 0.3) is 10.8 Å². The van der Waals surface area contributed by atoms with Crippen LogP contribution >= 0.6 is 11.3 Å². The molecule has 0 spiro atoms. The summed E-state index contributed by atoms with van der Waals surface area (Å²) >= 11 is 1.49. The van der Waals surface area contributed by atoms with Gasteiger partial charge in [0.25, 0.3) is 5.91 Å². The van der Waals surface area contributed by atoms with Gasteiger partial charge in [-0.15, -0.1) is 11.3 Å². The van der Waals surface area contributed by atoms with Crippen molar-refractivity contribution in [3.8, 4) is 22.3 Å². The number of aromatic nitrogens is 1. The summed E-state index contributed by atoms with van der Waals surface area (Å²) < 4.78 is 16.8. The van der Waals surface area contributed by atoms with Gasteiger partial charge in [0.05, 0.1) is 12.3 Å². The molecule has 2 aromatic heterocycles. The lowest BCUT2D eigenvalue weighted by Crippen LogP contribution is -2.31. The molecule has 1 unspecified atom stereocenters. The number of nitrogens with zero attached hydrogens (tertiary/aromatic N) is 2. The number of amides is 1. The van der Waals surface area contributed by atoms with E-state index < -0.39 is 0 Å². The number of carbonyl (C=O) groups is 1. The highest BCUT2D eigenvalue weighted by atomic mass is 32.1. The molecule has 4 heterocycles. The van der Waals surface area contributed by atoms with Gasteiger partial charge in [-0.3, -0.25) is 4.79 Å². The number of hydrogen-bond donors (Lipinski definition) is 0. The molecule has 0 radical (unpaired) electrons. The highest BCUT2D eigenvalue weighted by Gasteiger charge is 2.33. The van der Waals surface area contributed by atoms with Gasteiger partial charge in [0, 0.05) is 11.4 Å². The van der Waals surface area contributed by atoms with Gasteiger partial charge >= 0.3 is 0 Å². The molecule has 1 atom stereocenters. The summed E-state index contributed by atoms with van der Waals surface area (Å²) in [7, 11) is 0. The molecule has 3 aromatic rings. The number of thiazole rings is 1. The van der Waals surface area contributed by atoms with Crippen molar-refractivity contribution < 1.29 is 18.7 Å². The predicted molar refractivity (Wildman–Crippen MR) is 105 cm³/mol. The molecule has 2 aliphatic rings. The number of fused-ring (bicyclic) bond motifs is 1. The van der Waals surface area contributed by atoms with Gasteiger partial charge in [0.15, 0.2) is 22.3 Å². The van der Waals surface area contributed by atoms with Crippen LogP contribution in [0.3, 0.4) is 0 Å². The van der Waals surface area contributed by atoms with Crippen LogP contribution in [-0.4, -0.2) is 35.5 Å². The number of hydrogen-bond acceptors (Lipinski definition) is 6. The average molecular weight is 396 g/mol. The van der Waals surface area contributed by atoms with E-state index in [1.165, 1.54) is 11.3 Å². The number of rotatable bonds is 3. The number of furan rings is 1.